The Kier molecular flexibility index (Phi) is 6.78. The lowest BCUT2D eigenvalue weighted by molar-refractivity contribution is -0.279. The molecule has 2 saturated heterocycles. The van der Waals surface area contributed by atoms with Gasteiger partial charge >= 0.3 is 0 Å². The molecular weight excluding hydrogens is 578 g/mol. The smallest absolute Gasteiger partial charge is 0.0972 e. The van der Waals surface area contributed by atoms with E-state index in [4.69, 9.17) is 16.1 Å². The van der Waals surface area contributed by atoms with E-state index in [-0.39, 0.29) is 30.2 Å². The zero-order chi connectivity index (χ0) is 31.1. The number of hydrogen-bond acceptors (Lipinski definition) is 4. The van der Waals surface area contributed by atoms with Crippen LogP contribution in [0, 0.1) is 5.92 Å². The lowest BCUT2D eigenvalue weighted by Crippen LogP contribution is -2.78. The van der Waals surface area contributed by atoms with Gasteiger partial charge in [-0.15, -0.1) is 0 Å². The molecule has 47 heavy (non-hydrogen) atoms. The highest BCUT2D eigenvalue weighted by Gasteiger charge is 2.61. The molecule has 0 radical (unpaired) electrons. The fourth-order valence-electron chi connectivity index (χ4n) is 10.6. The van der Waals surface area contributed by atoms with Gasteiger partial charge in [-0.3, -0.25) is 4.90 Å². The summed E-state index contributed by atoms with van der Waals surface area (Å²) in [6.45, 7) is 4.88. The van der Waals surface area contributed by atoms with Gasteiger partial charge < -0.3 is 18.9 Å². The number of allylic oxidation sites excluding steroid dienone is 3. The third kappa shape index (κ3) is 4.39. The molecule has 0 spiro atoms. The van der Waals surface area contributed by atoms with Crippen molar-refractivity contribution in [2.75, 3.05) is 4.90 Å². The molecular formula is C42H45N3O2. The topological polar surface area (TPSA) is 29.9 Å². The monoisotopic (exact) mass is 623 g/mol. The van der Waals surface area contributed by atoms with Crippen LogP contribution in [-0.4, -0.2) is 58.1 Å². The van der Waals surface area contributed by atoms with Crippen LogP contribution in [-0.2, 0) is 9.47 Å². The Labute approximate surface area is 278 Å². The Balaban J connectivity index is 1.14. The van der Waals surface area contributed by atoms with Crippen molar-refractivity contribution in [1.29, 1.82) is 0 Å². The number of hydrogen-bond donors (Lipinski definition) is 0. The summed E-state index contributed by atoms with van der Waals surface area (Å²) < 4.78 is 17.1. The predicted molar refractivity (Wildman–Crippen MR) is 190 cm³/mol. The van der Waals surface area contributed by atoms with Crippen molar-refractivity contribution in [3.05, 3.63) is 109 Å². The lowest BCUT2D eigenvalue weighted by atomic mass is 9.68. The number of anilines is 1. The van der Waals surface area contributed by atoms with Gasteiger partial charge in [-0.1, -0.05) is 86.9 Å². The van der Waals surface area contributed by atoms with E-state index in [1.165, 1.54) is 84.4 Å². The Morgan fingerprint density at radius 1 is 0.638 bits per heavy atom. The van der Waals surface area contributed by atoms with Crippen LogP contribution in [0.15, 0.2) is 109 Å². The van der Waals surface area contributed by atoms with Crippen LogP contribution in [0.2, 0.25) is 0 Å². The highest BCUT2D eigenvalue weighted by atomic mass is 16.5. The molecule has 1 aromatic heterocycles. The van der Waals surface area contributed by atoms with Crippen molar-refractivity contribution in [2.24, 2.45) is 5.92 Å². The second-order valence-corrected chi connectivity index (χ2v) is 14.9. The van der Waals surface area contributed by atoms with Crippen molar-refractivity contribution < 1.29 is 9.47 Å². The first-order valence-electron chi connectivity index (χ1n) is 18.2. The number of ether oxygens (including phenoxy) is 2. The minimum atomic E-state index is 0.0470. The summed E-state index contributed by atoms with van der Waals surface area (Å²) in [5.41, 5.74) is 5.97. The number of fused-ring (bicyclic) bond motifs is 9. The fraction of sp³-hybridized carbons (Fsp3) is 0.429. The van der Waals surface area contributed by atoms with E-state index < -0.39 is 0 Å². The Morgan fingerprint density at radius 3 is 1.96 bits per heavy atom. The number of nitrogens with zero attached hydrogens (tertiary/aromatic N) is 3. The van der Waals surface area contributed by atoms with E-state index >= 15 is 0 Å². The van der Waals surface area contributed by atoms with E-state index in [0.29, 0.717) is 24.3 Å². The summed E-state index contributed by atoms with van der Waals surface area (Å²) in [5.74, 6) is 0.191. The maximum Gasteiger partial charge on any atom is 0.0972 e. The quantitative estimate of drug-likeness (QED) is 0.223. The molecule has 3 saturated carbocycles. The van der Waals surface area contributed by atoms with Gasteiger partial charge in [0.25, 0.3) is 0 Å². The van der Waals surface area contributed by atoms with Gasteiger partial charge in [0.1, 0.15) is 0 Å². The zero-order valence-electron chi connectivity index (χ0n) is 27.2. The van der Waals surface area contributed by atoms with E-state index in [0.717, 1.165) is 12.1 Å². The largest absolute Gasteiger partial charge is 0.372 e. The number of morpholine rings is 2. The first kappa shape index (κ1) is 28.4. The fourth-order valence-corrected chi connectivity index (χ4v) is 10.6. The van der Waals surface area contributed by atoms with Crippen molar-refractivity contribution in [3.63, 3.8) is 0 Å². The van der Waals surface area contributed by atoms with Gasteiger partial charge in [0.05, 0.1) is 47.5 Å². The molecule has 9 atom stereocenters. The third-order valence-corrected chi connectivity index (χ3v) is 12.5. The molecule has 3 aliphatic carbocycles. The summed E-state index contributed by atoms with van der Waals surface area (Å²) in [7, 11) is 0. The van der Waals surface area contributed by atoms with Crippen LogP contribution in [0.1, 0.15) is 57.8 Å². The minimum Gasteiger partial charge on any atom is -0.372 e. The lowest BCUT2D eigenvalue weighted by Gasteiger charge is -2.65. The summed E-state index contributed by atoms with van der Waals surface area (Å²) in [4.78, 5) is 5.55. The number of benzene rings is 3. The molecule has 0 N–H and O–H groups in total. The molecule has 10 rings (SSSR count). The number of aromatic nitrogens is 1. The molecule has 0 bridgehead atoms. The second kappa shape index (κ2) is 11.2. The maximum absolute atomic E-state index is 7.43. The summed E-state index contributed by atoms with van der Waals surface area (Å²) >= 11 is 0. The molecule has 4 aromatic rings. The van der Waals surface area contributed by atoms with Crippen molar-refractivity contribution in [2.45, 2.75) is 106 Å². The molecule has 9 unspecified atom stereocenters. The first-order valence-corrected chi connectivity index (χ1v) is 18.2. The van der Waals surface area contributed by atoms with E-state index in [1.54, 1.807) is 0 Å². The standard InChI is InChI=1S/C42H45N3O2/c1-27-25-29(44-33-17-7-5-15-30(33)31-16-6-8-18-34(31)44)23-24-43(28-13-3-2-4-14-28)40-32(27)26-39-41-42(40)47-38-22-12-10-20-36(38)45(41)35-19-9-11-21-37(35)46-39/h2-8,13-18,23-25,32,35-42H,1,9-12,19-22,26H2. The number of rotatable bonds is 2. The van der Waals surface area contributed by atoms with Crippen molar-refractivity contribution >= 4 is 33.2 Å². The summed E-state index contributed by atoms with van der Waals surface area (Å²) in [6, 6.07) is 30.0. The maximum atomic E-state index is 7.43. The van der Waals surface area contributed by atoms with Gasteiger partial charge in [0.15, 0.2) is 0 Å². The van der Waals surface area contributed by atoms with Gasteiger partial charge in [-0.25, -0.2) is 0 Å². The molecule has 3 aromatic carbocycles. The third-order valence-electron chi connectivity index (χ3n) is 12.5. The zero-order valence-corrected chi connectivity index (χ0v) is 27.2. The number of para-hydroxylation sites is 3. The molecule has 3 aliphatic heterocycles. The van der Waals surface area contributed by atoms with Crippen molar-refractivity contribution in [1.82, 2.24) is 9.47 Å². The Morgan fingerprint density at radius 2 is 1.26 bits per heavy atom. The molecule has 4 heterocycles. The van der Waals surface area contributed by atoms with Crippen molar-refractivity contribution in [3.8, 4) is 0 Å². The highest BCUT2D eigenvalue weighted by Crippen LogP contribution is 2.51. The summed E-state index contributed by atoms with van der Waals surface area (Å²) in [6.07, 6.45) is 18.9. The highest BCUT2D eigenvalue weighted by molar-refractivity contribution is 6.10. The normalized spacial score (nSPS) is 35.3. The average Bonchev–Trinajstić information content (AvgIpc) is 3.45. The van der Waals surface area contributed by atoms with Crippen LogP contribution in [0.3, 0.4) is 0 Å². The van der Waals surface area contributed by atoms with Gasteiger partial charge in [0, 0.05) is 46.4 Å². The van der Waals surface area contributed by atoms with Gasteiger partial charge in [-0.2, -0.15) is 0 Å². The van der Waals surface area contributed by atoms with E-state index in [2.05, 4.69) is 112 Å². The molecule has 5 fully saturated rings. The average molecular weight is 624 g/mol. The van der Waals surface area contributed by atoms with Crippen LogP contribution in [0.4, 0.5) is 5.69 Å². The molecule has 5 nitrogen and oxygen atoms in total. The van der Waals surface area contributed by atoms with Crippen LogP contribution in [0.5, 0.6) is 0 Å². The SMILES string of the molecule is C=C1C=C(n2c3ccccc3c3ccccc32)C=CN(c2ccccc2)C2C1CC1OC3CCCCC3N3C4CCCCC4OC2C13. The Hall–Kier alpha value is -3.64. The van der Waals surface area contributed by atoms with Crippen LogP contribution >= 0.6 is 0 Å². The molecule has 6 aliphatic rings. The van der Waals surface area contributed by atoms with Crippen LogP contribution < -0.4 is 4.90 Å². The molecule has 0 amide bonds. The van der Waals surface area contributed by atoms with E-state index in [9.17, 15) is 0 Å². The van der Waals surface area contributed by atoms with E-state index in [1.807, 2.05) is 0 Å². The van der Waals surface area contributed by atoms with Gasteiger partial charge in [0.2, 0.25) is 0 Å². The summed E-state index contributed by atoms with van der Waals surface area (Å²) in [5, 5.41) is 2.55. The second-order valence-electron chi connectivity index (χ2n) is 14.9. The van der Waals surface area contributed by atoms with Crippen LogP contribution in [0.25, 0.3) is 27.5 Å². The van der Waals surface area contributed by atoms with Gasteiger partial charge in [-0.05, 0) is 74.1 Å². The Bertz CT molecular complexity index is 1830. The predicted octanol–water partition coefficient (Wildman–Crippen LogP) is 8.70. The minimum absolute atomic E-state index is 0.0470. The first-order chi connectivity index (χ1) is 23.2. The molecule has 5 heteroatoms. The molecule has 240 valence electrons.